The minimum Gasteiger partial charge on any atom is -0.383 e. The average Bonchev–Trinajstić information content (AvgIpc) is 3.26. The standard InChI is InChI=1S/C25H30N6O2/c1-5-30(16-19-9-7-6-8-10-19)23(24-27-28-29-31(24)11-12-33-4)21-15-20-18(3)13-17(2)14-22(20)26-25(21)32/h6-10,13-15,23H,5,11-12,16H2,1-4H3,(H,26,32). The molecule has 8 heteroatoms. The number of hydrogen-bond donors (Lipinski definition) is 1. The van der Waals surface area contributed by atoms with Crippen LogP contribution in [0.15, 0.2) is 53.3 Å². The van der Waals surface area contributed by atoms with Gasteiger partial charge in [0.1, 0.15) is 6.04 Å². The summed E-state index contributed by atoms with van der Waals surface area (Å²) in [4.78, 5) is 18.7. The van der Waals surface area contributed by atoms with E-state index >= 15 is 0 Å². The van der Waals surface area contributed by atoms with Crippen molar-refractivity contribution in [1.82, 2.24) is 30.1 Å². The van der Waals surface area contributed by atoms with Crippen LogP contribution in [0, 0.1) is 13.8 Å². The third-order valence-corrected chi connectivity index (χ3v) is 5.95. The maximum Gasteiger partial charge on any atom is 0.253 e. The van der Waals surface area contributed by atoms with Crippen molar-refractivity contribution >= 4 is 10.9 Å². The largest absolute Gasteiger partial charge is 0.383 e. The smallest absolute Gasteiger partial charge is 0.253 e. The Hall–Kier alpha value is -3.36. The van der Waals surface area contributed by atoms with Crippen LogP contribution < -0.4 is 5.56 Å². The van der Waals surface area contributed by atoms with E-state index in [0.29, 0.717) is 37.6 Å². The minimum atomic E-state index is -0.420. The summed E-state index contributed by atoms with van der Waals surface area (Å²) < 4.78 is 6.98. The molecule has 1 unspecified atom stereocenters. The minimum absolute atomic E-state index is 0.134. The number of aryl methyl sites for hydroxylation is 2. The molecule has 1 N–H and O–H groups in total. The van der Waals surface area contributed by atoms with E-state index in [1.54, 1.807) is 11.8 Å². The second kappa shape index (κ2) is 10.1. The van der Waals surface area contributed by atoms with Crippen molar-refractivity contribution < 1.29 is 4.74 Å². The number of aromatic amines is 1. The van der Waals surface area contributed by atoms with Crippen molar-refractivity contribution in [3.8, 4) is 0 Å². The van der Waals surface area contributed by atoms with Gasteiger partial charge in [-0.05, 0) is 59.6 Å². The Kier molecular flexibility index (Phi) is 6.96. The van der Waals surface area contributed by atoms with Gasteiger partial charge in [0, 0.05) is 30.1 Å². The lowest BCUT2D eigenvalue weighted by Gasteiger charge is -2.30. The number of pyridine rings is 1. The molecule has 0 spiro atoms. The van der Waals surface area contributed by atoms with E-state index < -0.39 is 6.04 Å². The predicted octanol–water partition coefficient (Wildman–Crippen LogP) is 3.39. The first kappa shape index (κ1) is 22.8. The fraction of sp³-hybridized carbons (Fsp3) is 0.360. The summed E-state index contributed by atoms with van der Waals surface area (Å²) in [6.45, 7) is 8.53. The molecule has 2 aromatic heterocycles. The van der Waals surface area contributed by atoms with Gasteiger partial charge in [-0.15, -0.1) is 5.10 Å². The Morgan fingerprint density at radius 1 is 1.15 bits per heavy atom. The van der Waals surface area contributed by atoms with E-state index in [2.05, 4.69) is 57.5 Å². The zero-order valence-corrected chi connectivity index (χ0v) is 19.6. The lowest BCUT2D eigenvalue weighted by Crippen LogP contribution is -2.35. The number of benzene rings is 2. The van der Waals surface area contributed by atoms with E-state index in [1.165, 1.54) is 0 Å². The van der Waals surface area contributed by atoms with Gasteiger partial charge in [-0.2, -0.15) is 0 Å². The Balaban J connectivity index is 1.88. The molecule has 2 heterocycles. The Labute approximate surface area is 193 Å². The molecule has 172 valence electrons. The van der Waals surface area contributed by atoms with E-state index in [9.17, 15) is 4.79 Å². The Morgan fingerprint density at radius 3 is 2.67 bits per heavy atom. The van der Waals surface area contributed by atoms with Crippen molar-refractivity contribution in [2.45, 2.75) is 39.9 Å². The zero-order chi connectivity index (χ0) is 23.4. The number of aromatic nitrogens is 5. The molecule has 0 bridgehead atoms. The van der Waals surface area contributed by atoms with Gasteiger partial charge in [0.05, 0.1) is 13.2 Å². The van der Waals surface area contributed by atoms with Crippen molar-refractivity contribution in [2.75, 3.05) is 20.3 Å². The molecule has 0 aliphatic heterocycles. The third-order valence-electron chi connectivity index (χ3n) is 5.95. The van der Waals surface area contributed by atoms with Crippen LogP contribution in [0.5, 0.6) is 0 Å². The van der Waals surface area contributed by atoms with Gasteiger partial charge in [-0.3, -0.25) is 9.69 Å². The number of fused-ring (bicyclic) bond motifs is 1. The lowest BCUT2D eigenvalue weighted by molar-refractivity contribution is 0.174. The number of H-pyrrole nitrogens is 1. The number of nitrogens with zero attached hydrogens (tertiary/aromatic N) is 5. The van der Waals surface area contributed by atoms with Crippen LogP contribution in [0.1, 0.15) is 41.0 Å². The summed E-state index contributed by atoms with van der Waals surface area (Å²) in [5, 5.41) is 13.5. The summed E-state index contributed by atoms with van der Waals surface area (Å²) in [5.41, 5.74) is 4.72. The molecule has 0 radical (unpaired) electrons. The molecule has 33 heavy (non-hydrogen) atoms. The van der Waals surface area contributed by atoms with Crippen LogP contribution in [0.3, 0.4) is 0 Å². The Morgan fingerprint density at radius 2 is 1.94 bits per heavy atom. The molecule has 0 aliphatic carbocycles. The molecular weight excluding hydrogens is 416 g/mol. The number of ether oxygens (including phenoxy) is 1. The fourth-order valence-corrected chi connectivity index (χ4v) is 4.34. The molecule has 0 saturated carbocycles. The fourth-order valence-electron chi connectivity index (χ4n) is 4.34. The van der Waals surface area contributed by atoms with Gasteiger partial charge in [0.25, 0.3) is 5.56 Å². The van der Waals surface area contributed by atoms with Crippen LogP contribution in [0.2, 0.25) is 0 Å². The van der Waals surface area contributed by atoms with E-state index in [4.69, 9.17) is 4.74 Å². The van der Waals surface area contributed by atoms with Gasteiger partial charge >= 0.3 is 0 Å². The highest BCUT2D eigenvalue weighted by molar-refractivity contribution is 5.83. The zero-order valence-electron chi connectivity index (χ0n) is 19.6. The average molecular weight is 447 g/mol. The van der Waals surface area contributed by atoms with Crippen LogP contribution in [0.25, 0.3) is 10.9 Å². The monoisotopic (exact) mass is 446 g/mol. The van der Waals surface area contributed by atoms with Gasteiger partial charge in [0.2, 0.25) is 0 Å². The quantitative estimate of drug-likeness (QED) is 0.424. The van der Waals surface area contributed by atoms with Crippen molar-refractivity contribution in [2.24, 2.45) is 0 Å². The first-order chi connectivity index (χ1) is 16.0. The number of methoxy groups -OCH3 is 1. The SMILES string of the molecule is CCN(Cc1ccccc1)C(c1cc2c(C)cc(C)cc2[nH]c1=O)c1nnnn1CCOC. The highest BCUT2D eigenvalue weighted by Crippen LogP contribution is 2.29. The van der Waals surface area contributed by atoms with E-state index in [-0.39, 0.29) is 5.56 Å². The van der Waals surface area contributed by atoms with Gasteiger partial charge in [-0.25, -0.2) is 4.68 Å². The van der Waals surface area contributed by atoms with Crippen molar-refractivity contribution in [1.29, 1.82) is 0 Å². The maximum atomic E-state index is 13.4. The molecule has 4 aromatic rings. The molecular formula is C25H30N6O2. The van der Waals surface area contributed by atoms with E-state index in [0.717, 1.165) is 27.6 Å². The molecule has 8 nitrogen and oxygen atoms in total. The third kappa shape index (κ3) is 4.86. The topological polar surface area (TPSA) is 88.9 Å². The number of tetrazole rings is 1. The van der Waals surface area contributed by atoms with Crippen LogP contribution in [-0.4, -0.2) is 50.4 Å². The predicted molar refractivity (Wildman–Crippen MR) is 128 cm³/mol. The first-order valence-corrected chi connectivity index (χ1v) is 11.2. The second-order valence-corrected chi connectivity index (χ2v) is 8.30. The normalized spacial score (nSPS) is 12.5. The molecule has 4 rings (SSSR count). The van der Waals surface area contributed by atoms with Gasteiger partial charge in [-0.1, -0.05) is 43.3 Å². The second-order valence-electron chi connectivity index (χ2n) is 8.30. The maximum absolute atomic E-state index is 13.4. The number of nitrogens with one attached hydrogen (secondary N) is 1. The van der Waals surface area contributed by atoms with Crippen LogP contribution in [-0.2, 0) is 17.8 Å². The van der Waals surface area contributed by atoms with E-state index in [1.807, 2.05) is 37.3 Å². The van der Waals surface area contributed by atoms with Crippen LogP contribution >= 0.6 is 0 Å². The van der Waals surface area contributed by atoms with Crippen molar-refractivity contribution in [3.05, 3.63) is 87.0 Å². The molecule has 1 atom stereocenters. The van der Waals surface area contributed by atoms with Crippen LogP contribution in [0.4, 0.5) is 0 Å². The number of hydrogen-bond acceptors (Lipinski definition) is 6. The summed E-state index contributed by atoms with van der Waals surface area (Å²) in [6.07, 6.45) is 0. The Bertz CT molecular complexity index is 1280. The molecule has 2 aromatic carbocycles. The molecule has 0 aliphatic rings. The van der Waals surface area contributed by atoms with Crippen molar-refractivity contribution in [3.63, 3.8) is 0 Å². The summed E-state index contributed by atoms with van der Waals surface area (Å²) >= 11 is 0. The highest BCUT2D eigenvalue weighted by atomic mass is 16.5. The first-order valence-electron chi connectivity index (χ1n) is 11.2. The highest BCUT2D eigenvalue weighted by Gasteiger charge is 2.30. The lowest BCUT2D eigenvalue weighted by atomic mass is 9.99. The molecule has 0 fully saturated rings. The van der Waals surface area contributed by atoms with Gasteiger partial charge in [0.15, 0.2) is 5.82 Å². The number of rotatable bonds is 9. The van der Waals surface area contributed by atoms with Gasteiger partial charge < -0.3 is 9.72 Å². The summed E-state index contributed by atoms with van der Waals surface area (Å²) in [6, 6.07) is 15.9. The molecule has 0 saturated heterocycles. The summed E-state index contributed by atoms with van der Waals surface area (Å²) in [5.74, 6) is 0.624. The summed E-state index contributed by atoms with van der Waals surface area (Å²) in [7, 11) is 1.65. The molecule has 0 amide bonds.